The lowest BCUT2D eigenvalue weighted by Gasteiger charge is -2.50. The molecule has 2 aliphatic carbocycles. The molecular formula is C38H27ClF2N4O7. The fourth-order valence-electron chi connectivity index (χ4n) is 8.73. The molecule has 8 rings (SSSR count). The van der Waals surface area contributed by atoms with Crippen LogP contribution >= 0.6 is 11.6 Å². The lowest BCUT2D eigenvalue weighted by molar-refractivity contribution is -0.384. The molecule has 4 aliphatic rings. The van der Waals surface area contributed by atoms with E-state index in [0.717, 1.165) is 40.2 Å². The van der Waals surface area contributed by atoms with Gasteiger partial charge < -0.3 is 5.11 Å². The van der Waals surface area contributed by atoms with Gasteiger partial charge in [0.05, 0.1) is 39.5 Å². The first-order valence-electron chi connectivity index (χ1n) is 16.4. The van der Waals surface area contributed by atoms with Gasteiger partial charge in [0, 0.05) is 23.1 Å². The van der Waals surface area contributed by atoms with Crippen LogP contribution in [0.15, 0.2) is 103 Å². The zero-order valence-corrected chi connectivity index (χ0v) is 27.7. The molecule has 52 heavy (non-hydrogen) atoms. The molecule has 2 saturated heterocycles. The number of allylic oxidation sites excluding steroid dienone is 2. The van der Waals surface area contributed by atoms with Crippen molar-refractivity contribution in [3.63, 3.8) is 0 Å². The first-order valence-corrected chi connectivity index (χ1v) is 16.8. The molecular weight excluding hydrogens is 698 g/mol. The van der Waals surface area contributed by atoms with Gasteiger partial charge in [-0.3, -0.25) is 34.7 Å². The summed E-state index contributed by atoms with van der Waals surface area (Å²) in [5.74, 6) is -9.61. The molecule has 6 unspecified atom stereocenters. The number of hydrazine groups is 1. The monoisotopic (exact) mass is 724 g/mol. The minimum absolute atomic E-state index is 0.0328. The van der Waals surface area contributed by atoms with Crippen LogP contribution in [0.4, 0.5) is 25.8 Å². The van der Waals surface area contributed by atoms with Crippen molar-refractivity contribution in [1.82, 2.24) is 5.01 Å². The first kappa shape index (κ1) is 33.2. The van der Waals surface area contributed by atoms with Crippen LogP contribution in [0.25, 0.3) is 0 Å². The van der Waals surface area contributed by atoms with E-state index < -0.39 is 80.9 Å². The highest BCUT2D eigenvalue weighted by Crippen LogP contribution is 2.64. The Kier molecular flexibility index (Phi) is 7.72. The largest absolute Gasteiger partial charge is 0.505 e. The van der Waals surface area contributed by atoms with E-state index in [-0.39, 0.29) is 35.5 Å². The molecule has 14 heteroatoms. The number of halogens is 3. The van der Waals surface area contributed by atoms with E-state index in [2.05, 4.69) is 5.43 Å². The van der Waals surface area contributed by atoms with E-state index in [1.165, 1.54) is 36.4 Å². The molecule has 0 aromatic heterocycles. The van der Waals surface area contributed by atoms with Crippen molar-refractivity contribution in [2.24, 2.45) is 23.7 Å². The third-order valence-corrected chi connectivity index (χ3v) is 11.1. The number of benzene rings is 4. The highest BCUT2D eigenvalue weighted by molar-refractivity contribution is 6.30. The number of carbonyl (C=O) groups is 4. The summed E-state index contributed by atoms with van der Waals surface area (Å²) in [7, 11) is 0. The van der Waals surface area contributed by atoms with Crippen molar-refractivity contribution in [2.75, 3.05) is 10.3 Å². The lowest BCUT2D eigenvalue weighted by Crippen LogP contribution is -2.53. The number of fused-ring (bicyclic) bond motifs is 4. The Morgan fingerprint density at radius 1 is 0.885 bits per heavy atom. The van der Waals surface area contributed by atoms with E-state index in [0.29, 0.717) is 16.2 Å². The average Bonchev–Trinajstić information content (AvgIpc) is 3.51. The molecule has 3 fully saturated rings. The number of hydrogen-bond donors (Lipinski definition) is 2. The summed E-state index contributed by atoms with van der Waals surface area (Å²) in [6.45, 7) is 0. The zero-order valence-electron chi connectivity index (χ0n) is 26.9. The molecule has 0 spiro atoms. The fourth-order valence-corrected chi connectivity index (χ4v) is 8.86. The molecule has 1 saturated carbocycles. The number of anilines is 2. The van der Waals surface area contributed by atoms with Crippen molar-refractivity contribution >= 4 is 52.3 Å². The Bertz CT molecular complexity index is 2250. The van der Waals surface area contributed by atoms with Crippen LogP contribution in [-0.4, -0.2) is 38.7 Å². The maximum absolute atomic E-state index is 15.3. The number of rotatable bonds is 6. The summed E-state index contributed by atoms with van der Waals surface area (Å²) in [5.41, 5.74) is 2.21. The van der Waals surface area contributed by atoms with Gasteiger partial charge >= 0.3 is 0 Å². The SMILES string of the molecule is O=C1C2CC3C(=CCC4C(=O)N(c5cccc([N+](=O)[O-])c5)C(=O)C43)C(c3ccc(O)c(F)c3)C2(c2ccc(Cl)cc2)C(=O)N1Nc1ccc(F)cc1. The van der Waals surface area contributed by atoms with Crippen LogP contribution in [0.5, 0.6) is 5.75 Å². The number of carbonyl (C=O) groups excluding carboxylic acids is 4. The van der Waals surface area contributed by atoms with Gasteiger partial charge in [0.15, 0.2) is 11.6 Å². The second-order valence-electron chi connectivity index (χ2n) is 13.4. The van der Waals surface area contributed by atoms with Crippen LogP contribution in [0.2, 0.25) is 5.02 Å². The number of phenolic OH excluding ortho intramolecular Hbond substituents is 1. The van der Waals surface area contributed by atoms with Gasteiger partial charge in [-0.25, -0.2) is 13.7 Å². The molecule has 0 radical (unpaired) electrons. The standard InChI is InChI=1S/C38H27ClF2N4O7/c39-21-7-5-20(6-8-21)38-29(35(48)44(37(38)50)42-23-11-9-22(40)10-12-23)18-28-26(33(38)19-4-15-31(46)30(41)16-19)13-14-27-32(28)36(49)43(34(27)47)24-2-1-3-25(17-24)45(51)52/h1-13,15-17,27-29,32-33,42,46H,14,18H2. The van der Waals surface area contributed by atoms with E-state index in [1.807, 2.05) is 0 Å². The highest BCUT2D eigenvalue weighted by atomic mass is 35.5. The number of nitrogens with one attached hydrogen (secondary N) is 1. The lowest BCUT2D eigenvalue weighted by atomic mass is 9.49. The molecule has 2 aliphatic heterocycles. The number of nitro benzene ring substituents is 1. The number of non-ortho nitro benzene ring substituents is 1. The minimum Gasteiger partial charge on any atom is -0.505 e. The molecule has 262 valence electrons. The Hall–Kier alpha value is -5.95. The third-order valence-electron chi connectivity index (χ3n) is 10.9. The maximum atomic E-state index is 15.3. The number of amides is 4. The Morgan fingerprint density at radius 3 is 2.31 bits per heavy atom. The second kappa shape index (κ2) is 12.1. The molecule has 0 bridgehead atoms. The highest BCUT2D eigenvalue weighted by Gasteiger charge is 2.70. The van der Waals surface area contributed by atoms with Crippen molar-refractivity contribution in [3.05, 3.63) is 141 Å². The predicted octanol–water partition coefficient (Wildman–Crippen LogP) is 6.42. The fraction of sp³-hybridized carbons (Fsp3) is 0.211. The summed E-state index contributed by atoms with van der Waals surface area (Å²) in [4.78, 5) is 69.9. The molecule has 4 aromatic carbocycles. The van der Waals surface area contributed by atoms with Crippen LogP contribution in [0.1, 0.15) is 29.9 Å². The van der Waals surface area contributed by atoms with Gasteiger partial charge in [-0.2, -0.15) is 5.01 Å². The third kappa shape index (κ3) is 4.83. The van der Waals surface area contributed by atoms with Crippen LogP contribution in [0, 0.1) is 45.4 Å². The maximum Gasteiger partial charge on any atom is 0.271 e. The van der Waals surface area contributed by atoms with E-state index in [9.17, 15) is 34.0 Å². The number of imide groups is 2. The smallest absolute Gasteiger partial charge is 0.271 e. The molecule has 2 N–H and O–H groups in total. The van der Waals surface area contributed by atoms with Gasteiger partial charge in [-0.15, -0.1) is 0 Å². The van der Waals surface area contributed by atoms with E-state index in [1.54, 1.807) is 30.3 Å². The Balaban J connectivity index is 1.31. The number of nitro groups is 1. The normalized spacial score (nSPS) is 26.5. The van der Waals surface area contributed by atoms with E-state index in [4.69, 9.17) is 11.6 Å². The zero-order chi connectivity index (χ0) is 36.6. The van der Waals surface area contributed by atoms with Crippen LogP contribution < -0.4 is 10.3 Å². The topological polar surface area (TPSA) is 150 Å². The first-order chi connectivity index (χ1) is 24.9. The minimum atomic E-state index is -1.74. The Morgan fingerprint density at radius 2 is 1.62 bits per heavy atom. The van der Waals surface area contributed by atoms with Crippen LogP contribution in [0.3, 0.4) is 0 Å². The van der Waals surface area contributed by atoms with E-state index >= 15 is 9.18 Å². The Labute approximate surface area is 299 Å². The summed E-state index contributed by atoms with van der Waals surface area (Å²) in [6, 6.07) is 20.3. The second-order valence-corrected chi connectivity index (χ2v) is 13.8. The van der Waals surface area contributed by atoms with Crippen molar-refractivity contribution in [2.45, 2.75) is 24.2 Å². The number of phenols is 1. The van der Waals surface area contributed by atoms with Crippen molar-refractivity contribution in [3.8, 4) is 5.75 Å². The number of aromatic hydroxyl groups is 1. The molecule has 4 amide bonds. The number of hydrogen-bond acceptors (Lipinski definition) is 8. The molecule has 2 heterocycles. The van der Waals surface area contributed by atoms with Gasteiger partial charge in [0.25, 0.3) is 17.5 Å². The predicted molar refractivity (Wildman–Crippen MR) is 183 cm³/mol. The summed E-state index contributed by atoms with van der Waals surface area (Å²) in [6.07, 6.45) is 1.76. The molecule has 4 aromatic rings. The van der Waals surface area contributed by atoms with Gasteiger partial charge in [-0.05, 0) is 84.5 Å². The molecule has 6 atom stereocenters. The van der Waals surface area contributed by atoms with Crippen molar-refractivity contribution in [1.29, 1.82) is 0 Å². The molecule has 11 nitrogen and oxygen atoms in total. The quantitative estimate of drug-likeness (QED) is 0.100. The summed E-state index contributed by atoms with van der Waals surface area (Å²) < 4.78 is 29.1. The van der Waals surface area contributed by atoms with Crippen LogP contribution in [-0.2, 0) is 24.6 Å². The van der Waals surface area contributed by atoms with Gasteiger partial charge in [-0.1, -0.05) is 47.5 Å². The number of nitrogens with zero attached hydrogens (tertiary/aromatic N) is 3. The van der Waals surface area contributed by atoms with Gasteiger partial charge in [0.2, 0.25) is 11.8 Å². The summed E-state index contributed by atoms with van der Waals surface area (Å²) in [5, 5.41) is 22.9. The van der Waals surface area contributed by atoms with Crippen molar-refractivity contribution < 1.29 is 38.0 Å². The summed E-state index contributed by atoms with van der Waals surface area (Å²) >= 11 is 6.28. The average molecular weight is 725 g/mol. The van der Waals surface area contributed by atoms with Gasteiger partial charge in [0.1, 0.15) is 5.82 Å².